The van der Waals surface area contributed by atoms with Gasteiger partial charge in [-0.2, -0.15) is 4.98 Å². The van der Waals surface area contributed by atoms with Gasteiger partial charge in [-0.1, -0.05) is 41.9 Å². The van der Waals surface area contributed by atoms with Crippen molar-refractivity contribution < 1.29 is 4.39 Å². The van der Waals surface area contributed by atoms with Crippen LogP contribution in [0, 0.1) is 11.7 Å². The van der Waals surface area contributed by atoms with Crippen LogP contribution in [0.25, 0.3) is 28.0 Å². The summed E-state index contributed by atoms with van der Waals surface area (Å²) >= 11 is 8.14. The summed E-state index contributed by atoms with van der Waals surface area (Å²) in [4.78, 5) is 25.0. The smallest absolute Gasteiger partial charge is 0.354 e. The lowest BCUT2D eigenvalue weighted by Crippen LogP contribution is -2.37. The number of amidine groups is 1. The number of benzene rings is 2. The van der Waals surface area contributed by atoms with Gasteiger partial charge in [-0.15, -0.1) is 0 Å². The second-order valence-corrected chi connectivity index (χ2v) is 14.4. The number of aliphatic imine (C=N–C) groups is 1. The third-order valence-corrected chi connectivity index (χ3v) is 10.8. The van der Waals surface area contributed by atoms with E-state index in [4.69, 9.17) is 17.3 Å². The number of rotatable bonds is 11. The zero-order chi connectivity index (χ0) is 31.6. The van der Waals surface area contributed by atoms with Crippen molar-refractivity contribution in [2.24, 2.45) is 16.6 Å². The maximum atomic E-state index is 15.3. The molecule has 5 N–H and O–H groups in total. The van der Waals surface area contributed by atoms with E-state index in [1.165, 1.54) is 31.2 Å². The molecule has 2 aliphatic heterocycles. The normalized spacial score (nSPS) is 20.5. The van der Waals surface area contributed by atoms with Gasteiger partial charge in [-0.3, -0.25) is 9.56 Å². The van der Waals surface area contributed by atoms with Gasteiger partial charge in [0.05, 0.1) is 22.9 Å². The Hall–Kier alpha value is -3.18. The van der Waals surface area contributed by atoms with Gasteiger partial charge >= 0.3 is 5.69 Å². The number of aromatic nitrogens is 3. The van der Waals surface area contributed by atoms with Gasteiger partial charge in [-0.05, 0) is 98.7 Å². The summed E-state index contributed by atoms with van der Waals surface area (Å²) in [5, 5.41) is 9.03. The lowest BCUT2D eigenvalue weighted by molar-refractivity contribution is 0.320. The van der Waals surface area contributed by atoms with E-state index >= 15 is 4.39 Å². The van der Waals surface area contributed by atoms with E-state index in [1.54, 1.807) is 16.8 Å². The van der Waals surface area contributed by atoms with Gasteiger partial charge in [0.15, 0.2) is 11.0 Å². The van der Waals surface area contributed by atoms with E-state index in [2.05, 4.69) is 37.7 Å². The summed E-state index contributed by atoms with van der Waals surface area (Å²) in [6.07, 6.45) is 11.4. The Balaban J connectivity index is 1.04. The first-order valence-corrected chi connectivity index (χ1v) is 17.9. The number of thioether (sulfide) groups is 1. The van der Waals surface area contributed by atoms with Gasteiger partial charge in [0.25, 0.3) is 0 Å². The molecule has 2 fully saturated rings. The molecule has 1 saturated heterocycles. The number of fused-ring (bicyclic) bond motifs is 1. The SMILES string of the molecule is N[C@H](CCCc1cc(Cl)c(F)c(-c2cc3cn(-c4ccc([C@@H]5CCC[C@@H](CCSC6=NCCN6)N5)cc4)c(=O)nc3[nH]2)c1)C1CC1. The molecule has 46 heavy (non-hydrogen) atoms. The van der Waals surface area contributed by atoms with Crippen LogP contribution in [0.5, 0.6) is 0 Å². The average molecular weight is 662 g/mol. The summed E-state index contributed by atoms with van der Waals surface area (Å²) in [5.41, 5.74) is 10.1. The molecule has 0 radical (unpaired) electrons. The number of hydrogen-bond donors (Lipinski definition) is 4. The first-order valence-electron chi connectivity index (χ1n) is 16.5. The van der Waals surface area contributed by atoms with E-state index < -0.39 is 11.5 Å². The Bertz CT molecular complexity index is 1780. The molecule has 1 saturated carbocycles. The Morgan fingerprint density at radius 1 is 1.13 bits per heavy atom. The van der Waals surface area contributed by atoms with Gasteiger partial charge in [0, 0.05) is 47.6 Å². The molecule has 4 aromatic rings. The molecule has 0 amide bonds. The van der Waals surface area contributed by atoms with Crippen molar-refractivity contribution in [1.29, 1.82) is 0 Å². The minimum atomic E-state index is -0.491. The first kappa shape index (κ1) is 31.4. The first-order chi connectivity index (χ1) is 22.4. The molecule has 0 bridgehead atoms. The Labute approximate surface area is 277 Å². The molecule has 1 aliphatic carbocycles. The van der Waals surface area contributed by atoms with Crippen molar-refractivity contribution in [3.63, 3.8) is 0 Å². The van der Waals surface area contributed by atoms with Crippen LogP contribution in [-0.2, 0) is 6.42 Å². The van der Waals surface area contributed by atoms with Crippen molar-refractivity contribution in [2.45, 2.75) is 75.9 Å². The van der Waals surface area contributed by atoms with Crippen molar-refractivity contribution in [3.05, 3.63) is 81.1 Å². The molecular formula is C35H41ClFN7OS. The average Bonchev–Trinajstić information content (AvgIpc) is 3.64. The molecule has 2 aromatic heterocycles. The standard InChI is InChI=1S/C35H41ClFN7OS/c36-28-18-21(3-1-5-29(38)22-7-8-22)17-27(32(28)37)31-19-24-20-44(35(45)43-33(24)42-31)26-11-9-23(10-12-26)30-6-2-4-25(41-30)13-16-46-34-39-14-15-40-34/h9-12,17-20,22,25,29-30,41H,1-8,13-16,38H2,(H,39,40)(H,42,43,45)/t25-,29+,30-/m0/s1. The predicted molar refractivity (Wildman–Crippen MR) is 187 cm³/mol. The van der Waals surface area contributed by atoms with Crippen molar-refractivity contribution in [2.75, 3.05) is 18.8 Å². The topological polar surface area (TPSA) is 113 Å². The fourth-order valence-electron chi connectivity index (χ4n) is 6.76. The van der Waals surface area contributed by atoms with Crippen molar-refractivity contribution in [3.8, 4) is 16.9 Å². The molecule has 0 spiro atoms. The lowest BCUT2D eigenvalue weighted by Gasteiger charge is -2.31. The molecule has 7 rings (SSSR count). The van der Waals surface area contributed by atoms with Crippen LogP contribution in [0.15, 0.2) is 58.4 Å². The maximum absolute atomic E-state index is 15.3. The Morgan fingerprint density at radius 2 is 1.98 bits per heavy atom. The number of hydrogen-bond acceptors (Lipinski definition) is 7. The van der Waals surface area contributed by atoms with Gasteiger partial charge < -0.3 is 21.4 Å². The number of piperidine rings is 1. The molecule has 8 nitrogen and oxygen atoms in total. The largest absolute Gasteiger partial charge is 0.363 e. The number of halogens is 2. The third kappa shape index (κ3) is 7.20. The number of nitrogens with zero attached hydrogens (tertiary/aromatic N) is 3. The number of nitrogens with one attached hydrogen (secondary N) is 3. The number of aromatic amines is 1. The van der Waals surface area contributed by atoms with Crippen molar-refractivity contribution in [1.82, 2.24) is 25.2 Å². The van der Waals surface area contributed by atoms with Gasteiger partial charge in [0.2, 0.25) is 0 Å². The zero-order valence-electron chi connectivity index (χ0n) is 25.9. The zero-order valence-corrected chi connectivity index (χ0v) is 27.5. The third-order valence-electron chi connectivity index (χ3n) is 9.52. The predicted octanol–water partition coefficient (Wildman–Crippen LogP) is 6.50. The highest BCUT2D eigenvalue weighted by atomic mass is 35.5. The minimum Gasteiger partial charge on any atom is -0.363 e. The molecule has 3 atom stereocenters. The van der Waals surface area contributed by atoms with E-state index in [0.29, 0.717) is 34.3 Å². The van der Waals surface area contributed by atoms with Crippen LogP contribution in [0.3, 0.4) is 0 Å². The van der Waals surface area contributed by atoms with Gasteiger partial charge in [0.1, 0.15) is 5.65 Å². The fourth-order valence-corrected chi connectivity index (χ4v) is 7.98. The number of H-pyrrole nitrogens is 1. The van der Waals surface area contributed by atoms with Crippen LogP contribution in [0.1, 0.15) is 68.5 Å². The molecule has 11 heteroatoms. The highest BCUT2D eigenvalue weighted by molar-refractivity contribution is 8.13. The monoisotopic (exact) mass is 661 g/mol. The number of aryl methyl sites for hydroxylation is 1. The minimum absolute atomic E-state index is 0.0827. The second kappa shape index (κ2) is 13.9. The van der Waals surface area contributed by atoms with Crippen LogP contribution in [0.2, 0.25) is 5.02 Å². The van der Waals surface area contributed by atoms with Crippen LogP contribution in [0.4, 0.5) is 4.39 Å². The summed E-state index contributed by atoms with van der Waals surface area (Å²) in [5.74, 6) is 1.22. The highest BCUT2D eigenvalue weighted by Crippen LogP contribution is 2.35. The maximum Gasteiger partial charge on any atom is 0.354 e. The van der Waals surface area contributed by atoms with Crippen LogP contribution >= 0.6 is 23.4 Å². The van der Waals surface area contributed by atoms with E-state index in [1.807, 2.05) is 36.0 Å². The number of nitrogens with two attached hydrogens (primary N) is 1. The fraction of sp³-hybridized carbons (Fsp3) is 0.457. The summed E-state index contributed by atoms with van der Waals surface area (Å²) in [6, 6.07) is 14.5. The Kier molecular flexibility index (Phi) is 9.49. The van der Waals surface area contributed by atoms with Crippen LogP contribution in [-0.4, -0.2) is 50.6 Å². The van der Waals surface area contributed by atoms with Crippen molar-refractivity contribution >= 4 is 39.6 Å². The Morgan fingerprint density at radius 3 is 2.76 bits per heavy atom. The van der Waals surface area contributed by atoms with Gasteiger partial charge in [-0.25, -0.2) is 9.18 Å². The lowest BCUT2D eigenvalue weighted by atomic mass is 9.92. The van der Waals surface area contributed by atoms with E-state index in [-0.39, 0.29) is 17.1 Å². The summed E-state index contributed by atoms with van der Waals surface area (Å²) < 4.78 is 16.8. The molecular weight excluding hydrogens is 621 g/mol. The molecule has 3 aliphatic rings. The highest BCUT2D eigenvalue weighted by Gasteiger charge is 2.28. The summed E-state index contributed by atoms with van der Waals surface area (Å²) in [6.45, 7) is 1.83. The second-order valence-electron chi connectivity index (χ2n) is 12.9. The molecule has 4 heterocycles. The summed E-state index contributed by atoms with van der Waals surface area (Å²) in [7, 11) is 0. The van der Waals surface area contributed by atoms with E-state index in [0.717, 1.165) is 67.4 Å². The quantitative estimate of drug-likeness (QED) is 0.146. The molecule has 0 unspecified atom stereocenters. The molecule has 2 aromatic carbocycles. The molecule has 242 valence electrons. The van der Waals surface area contributed by atoms with E-state index in [9.17, 15) is 4.79 Å². The van der Waals surface area contributed by atoms with Crippen LogP contribution < -0.4 is 22.1 Å².